The number of nitrogens with zero attached hydrogens (tertiary/aromatic N) is 3. The number of hydrogen-bond donors (Lipinski definition) is 2. The first-order valence-corrected chi connectivity index (χ1v) is 11.1. The van der Waals surface area contributed by atoms with Crippen molar-refractivity contribution < 1.29 is 14.3 Å². The van der Waals surface area contributed by atoms with Gasteiger partial charge < -0.3 is 10.1 Å². The molecule has 1 aliphatic rings. The molecule has 2 amide bonds. The van der Waals surface area contributed by atoms with Crippen LogP contribution in [-0.4, -0.2) is 46.7 Å². The number of likely N-dealkylation sites (tertiary alicyclic amines) is 1. The summed E-state index contributed by atoms with van der Waals surface area (Å²) in [5.74, 6) is 1.35. The van der Waals surface area contributed by atoms with Crippen molar-refractivity contribution in [2.75, 3.05) is 30.8 Å². The standard InChI is InChI=1S/C25H29N5O3/c1-18(31)20-7-5-6-19(16-20)17-29-14-11-21(12-15-29)30-24(10-13-26-30)28-25(32)27-22-8-3-4-9-23(22)33-2/h3-10,13,16,21H,11-12,14-15,17H2,1-2H3,(H2,27,28,32). The lowest BCUT2D eigenvalue weighted by molar-refractivity contribution is 0.101. The summed E-state index contributed by atoms with van der Waals surface area (Å²) in [5.41, 5.74) is 2.50. The Morgan fingerprint density at radius 1 is 1.06 bits per heavy atom. The van der Waals surface area contributed by atoms with Crippen LogP contribution >= 0.6 is 0 Å². The predicted molar refractivity (Wildman–Crippen MR) is 128 cm³/mol. The Labute approximate surface area is 193 Å². The van der Waals surface area contributed by atoms with Crippen LogP contribution in [0.3, 0.4) is 0 Å². The van der Waals surface area contributed by atoms with E-state index in [9.17, 15) is 9.59 Å². The first-order chi connectivity index (χ1) is 16.0. The summed E-state index contributed by atoms with van der Waals surface area (Å²) in [5, 5.41) is 10.2. The van der Waals surface area contributed by atoms with Crippen molar-refractivity contribution in [1.82, 2.24) is 14.7 Å². The van der Waals surface area contributed by atoms with Crippen molar-refractivity contribution in [1.29, 1.82) is 0 Å². The van der Waals surface area contributed by atoms with Gasteiger partial charge in [-0.25, -0.2) is 9.48 Å². The molecule has 2 N–H and O–H groups in total. The van der Waals surface area contributed by atoms with E-state index in [4.69, 9.17) is 4.74 Å². The fourth-order valence-corrected chi connectivity index (χ4v) is 4.19. The number of rotatable bonds is 7. The Hall–Kier alpha value is -3.65. The zero-order valence-corrected chi connectivity index (χ0v) is 19.0. The number of piperidine rings is 1. The Kier molecular flexibility index (Phi) is 7.04. The second kappa shape index (κ2) is 10.3. The SMILES string of the molecule is COc1ccccc1NC(=O)Nc1ccnn1C1CCN(Cc2cccc(C(C)=O)c2)CC1. The molecule has 1 fully saturated rings. The number of urea groups is 1. The van der Waals surface area contributed by atoms with Gasteiger partial charge in [-0.15, -0.1) is 0 Å². The average molecular weight is 448 g/mol. The van der Waals surface area contributed by atoms with Crippen molar-refractivity contribution in [3.8, 4) is 5.75 Å². The third-order valence-corrected chi connectivity index (χ3v) is 5.91. The number of hydrogen-bond acceptors (Lipinski definition) is 5. The van der Waals surface area contributed by atoms with Crippen LogP contribution in [0.25, 0.3) is 0 Å². The van der Waals surface area contributed by atoms with Crippen LogP contribution in [0, 0.1) is 0 Å². The van der Waals surface area contributed by atoms with E-state index in [0.29, 0.717) is 17.3 Å². The summed E-state index contributed by atoms with van der Waals surface area (Å²) < 4.78 is 7.19. The maximum absolute atomic E-state index is 12.6. The molecule has 4 rings (SSSR count). The van der Waals surface area contributed by atoms with Gasteiger partial charge in [-0.3, -0.25) is 15.0 Å². The summed E-state index contributed by atoms with van der Waals surface area (Å²) in [6.45, 7) is 4.25. The van der Waals surface area contributed by atoms with Crippen LogP contribution in [0.2, 0.25) is 0 Å². The molecule has 2 heterocycles. The number of carbonyl (C=O) groups is 2. The zero-order valence-electron chi connectivity index (χ0n) is 19.0. The summed E-state index contributed by atoms with van der Waals surface area (Å²) >= 11 is 0. The van der Waals surface area contributed by atoms with Crippen LogP contribution in [0.5, 0.6) is 5.75 Å². The normalized spacial score (nSPS) is 14.6. The highest BCUT2D eigenvalue weighted by atomic mass is 16.5. The monoisotopic (exact) mass is 447 g/mol. The van der Waals surface area contributed by atoms with Crippen LogP contribution < -0.4 is 15.4 Å². The van der Waals surface area contributed by atoms with Gasteiger partial charge in [-0.05, 0) is 43.5 Å². The predicted octanol–water partition coefficient (Wildman–Crippen LogP) is 4.58. The van der Waals surface area contributed by atoms with E-state index in [1.54, 1.807) is 38.4 Å². The molecule has 0 aliphatic carbocycles. The number of amides is 2. The van der Waals surface area contributed by atoms with E-state index in [2.05, 4.69) is 26.7 Å². The lowest BCUT2D eigenvalue weighted by atomic mass is 10.0. The fraction of sp³-hybridized carbons (Fsp3) is 0.320. The van der Waals surface area contributed by atoms with E-state index in [-0.39, 0.29) is 17.9 Å². The number of Topliss-reactive ketones (excluding diaryl/α,β-unsaturated/α-hetero) is 1. The first-order valence-electron chi connectivity index (χ1n) is 11.1. The molecule has 1 saturated heterocycles. The van der Waals surface area contributed by atoms with Gasteiger partial charge in [-0.1, -0.05) is 30.3 Å². The summed E-state index contributed by atoms with van der Waals surface area (Å²) in [6, 6.07) is 16.8. The van der Waals surface area contributed by atoms with Crippen LogP contribution in [0.15, 0.2) is 60.8 Å². The molecule has 1 aromatic heterocycles. The molecule has 0 atom stereocenters. The molecule has 8 heteroatoms. The number of ketones is 1. The molecule has 33 heavy (non-hydrogen) atoms. The Morgan fingerprint density at radius 3 is 2.61 bits per heavy atom. The molecule has 8 nitrogen and oxygen atoms in total. The minimum absolute atomic E-state index is 0.0871. The molecule has 0 saturated carbocycles. The second-order valence-electron chi connectivity index (χ2n) is 8.20. The molecule has 0 unspecified atom stereocenters. The summed E-state index contributed by atoms with van der Waals surface area (Å²) in [7, 11) is 1.57. The molecule has 2 aromatic carbocycles. The zero-order chi connectivity index (χ0) is 23.2. The fourth-order valence-electron chi connectivity index (χ4n) is 4.19. The van der Waals surface area contributed by atoms with E-state index >= 15 is 0 Å². The molecule has 0 bridgehead atoms. The van der Waals surface area contributed by atoms with Gasteiger partial charge in [0.15, 0.2) is 5.78 Å². The summed E-state index contributed by atoms with van der Waals surface area (Å²) in [6.07, 6.45) is 3.56. The average Bonchev–Trinajstić information content (AvgIpc) is 3.28. The van der Waals surface area contributed by atoms with Crippen molar-refractivity contribution >= 4 is 23.3 Å². The molecule has 172 valence electrons. The number of ether oxygens (including phenoxy) is 1. The number of carbonyl (C=O) groups excluding carboxylic acids is 2. The quantitative estimate of drug-likeness (QED) is 0.518. The van der Waals surface area contributed by atoms with E-state index in [0.717, 1.165) is 43.6 Å². The lowest BCUT2D eigenvalue weighted by Crippen LogP contribution is -2.35. The van der Waals surface area contributed by atoms with Gasteiger partial charge in [-0.2, -0.15) is 5.10 Å². The third-order valence-electron chi connectivity index (χ3n) is 5.91. The van der Waals surface area contributed by atoms with E-state index in [1.165, 1.54) is 0 Å². The van der Waals surface area contributed by atoms with E-state index < -0.39 is 0 Å². The molecular weight excluding hydrogens is 418 g/mol. The maximum Gasteiger partial charge on any atom is 0.324 e. The van der Waals surface area contributed by atoms with Gasteiger partial charge in [0.05, 0.1) is 25.0 Å². The topological polar surface area (TPSA) is 88.5 Å². The lowest BCUT2D eigenvalue weighted by Gasteiger charge is -2.32. The highest BCUT2D eigenvalue weighted by molar-refractivity contribution is 6.00. The molecule has 3 aromatic rings. The number of para-hydroxylation sites is 2. The van der Waals surface area contributed by atoms with Crippen molar-refractivity contribution in [2.45, 2.75) is 32.4 Å². The minimum atomic E-state index is -0.343. The van der Waals surface area contributed by atoms with Crippen LogP contribution in [0.1, 0.15) is 41.7 Å². The number of benzene rings is 2. The minimum Gasteiger partial charge on any atom is -0.495 e. The van der Waals surface area contributed by atoms with Gasteiger partial charge in [0.2, 0.25) is 0 Å². The number of nitrogens with one attached hydrogen (secondary N) is 2. The second-order valence-corrected chi connectivity index (χ2v) is 8.20. The molecule has 0 radical (unpaired) electrons. The maximum atomic E-state index is 12.6. The Bertz CT molecular complexity index is 1120. The highest BCUT2D eigenvalue weighted by Crippen LogP contribution is 2.27. The highest BCUT2D eigenvalue weighted by Gasteiger charge is 2.23. The van der Waals surface area contributed by atoms with Gasteiger partial charge in [0, 0.05) is 31.3 Å². The first kappa shape index (κ1) is 22.5. The Morgan fingerprint density at radius 2 is 1.85 bits per heavy atom. The molecular formula is C25H29N5O3. The van der Waals surface area contributed by atoms with Gasteiger partial charge in [0.25, 0.3) is 0 Å². The summed E-state index contributed by atoms with van der Waals surface area (Å²) in [4.78, 5) is 26.6. The van der Waals surface area contributed by atoms with Crippen LogP contribution in [0.4, 0.5) is 16.3 Å². The van der Waals surface area contributed by atoms with E-state index in [1.807, 2.05) is 35.0 Å². The Balaban J connectivity index is 1.33. The van der Waals surface area contributed by atoms with Crippen molar-refractivity contribution in [2.24, 2.45) is 0 Å². The molecule has 0 spiro atoms. The van der Waals surface area contributed by atoms with Gasteiger partial charge >= 0.3 is 6.03 Å². The van der Waals surface area contributed by atoms with Gasteiger partial charge in [0.1, 0.15) is 11.6 Å². The van der Waals surface area contributed by atoms with Crippen molar-refractivity contribution in [3.63, 3.8) is 0 Å². The third kappa shape index (κ3) is 5.59. The largest absolute Gasteiger partial charge is 0.495 e. The van der Waals surface area contributed by atoms with Crippen molar-refractivity contribution in [3.05, 3.63) is 71.9 Å². The number of anilines is 2. The smallest absolute Gasteiger partial charge is 0.324 e. The number of methoxy groups -OCH3 is 1. The molecule has 1 aliphatic heterocycles. The van der Waals surface area contributed by atoms with Crippen LogP contribution in [-0.2, 0) is 6.54 Å². The number of aromatic nitrogens is 2.